The standard InChI is InChI=1S/C13H22N4O/c1-2-5-15-12-8-14-9-13(16-12)17-6-3-11(10-18)4-7-17/h8-9,11,18H,2-7,10H2,1H3,(H,15,16). The fourth-order valence-electron chi connectivity index (χ4n) is 2.19. The van der Waals surface area contributed by atoms with Crippen LogP contribution in [0.2, 0.25) is 0 Å². The van der Waals surface area contributed by atoms with E-state index in [9.17, 15) is 0 Å². The van der Waals surface area contributed by atoms with Gasteiger partial charge in [0, 0.05) is 26.2 Å². The molecule has 0 aliphatic carbocycles. The highest BCUT2D eigenvalue weighted by atomic mass is 16.3. The summed E-state index contributed by atoms with van der Waals surface area (Å²) in [6.45, 7) is 5.26. The van der Waals surface area contributed by atoms with Crippen LogP contribution in [-0.2, 0) is 0 Å². The lowest BCUT2D eigenvalue weighted by atomic mass is 9.98. The molecule has 1 aliphatic rings. The minimum atomic E-state index is 0.303. The van der Waals surface area contributed by atoms with Gasteiger partial charge < -0.3 is 15.3 Å². The Balaban J connectivity index is 1.96. The lowest BCUT2D eigenvalue weighted by Crippen LogP contribution is -2.35. The van der Waals surface area contributed by atoms with Crippen molar-refractivity contribution in [1.82, 2.24) is 9.97 Å². The Kier molecular flexibility index (Phi) is 4.75. The van der Waals surface area contributed by atoms with Gasteiger partial charge in [0.1, 0.15) is 11.6 Å². The fourth-order valence-corrected chi connectivity index (χ4v) is 2.19. The van der Waals surface area contributed by atoms with Crippen LogP contribution in [0.4, 0.5) is 11.6 Å². The first-order chi connectivity index (χ1) is 8.83. The summed E-state index contributed by atoms with van der Waals surface area (Å²) < 4.78 is 0. The number of hydrogen-bond acceptors (Lipinski definition) is 5. The number of hydrogen-bond donors (Lipinski definition) is 2. The molecule has 0 radical (unpaired) electrons. The molecule has 2 N–H and O–H groups in total. The maximum absolute atomic E-state index is 9.13. The molecule has 0 saturated carbocycles. The number of piperidine rings is 1. The third-order valence-corrected chi connectivity index (χ3v) is 3.37. The van der Waals surface area contributed by atoms with Gasteiger partial charge >= 0.3 is 0 Å². The van der Waals surface area contributed by atoms with Gasteiger partial charge in [-0.2, -0.15) is 0 Å². The SMILES string of the molecule is CCCNc1cncc(N2CCC(CO)CC2)n1. The molecule has 2 rings (SSSR count). The van der Waals surface area contributed by atoms with E-state index in [-0.39, 0.29) is 0 Å². The highest BCUT2D eigenvalue weighted by molar-refractivity contribution is 5.44. The normalized spacial score (nSPS) is 16.9. The molecule has 0 amide bonds. The number of anilines is 2. The minimum Gasteiger partial charge on any atom is -0.396 e. The van der Waals surface area contributed by atoms with E-state index in [2.05, 4.69) is 27.1 Å². The van der Waals surface area contributed by atoms with E-state index in [1.807, 2.05) is 6.20 Å². The Morgan fingerprint density at radius 3 is 2.83 bits per heavy atom. The van der Waals surface area contributed by atoms with Crippen LogP contribution in [0.3, 0.4) is 0 Å². The van der Waals surface area contributed by atoms with Crippen LogP contribution in [-0.4, -0.2) is 41.3 Å². The van der Waals surface area contributed by atoms with Gasteiger partial charge in [-0.25, -0.2) is 4.98 Å². The highest BCUT2D eigenvalue weighted by Crippen LogP contribution is 2.21. The van der Waals surface area contributed by atoms with E-state index in [0.717, 1.165) is 50.5 Å². The third-order valence-electron chi connectivity index (χ3n) is 3.37. The molecule has 1 aliphatic heterocycles. The molecule has 18 heavy (non-hydrogen) atoms. The topological polar surface area (TPSA) is 61.3 Å². The quantitative estimate of drug-likeness (QED) is 0.829. The molecule has 1 fully saturated rings. The summed E-state index contributed by atoms with van der Waals surface area (Å²) in [6.07, 6.45) is 6.72. The number of aromatic nitrogens is 2. The summed E-state index contributed by atoms with van der Waals surface area (Å²) in [6, 6.07) is 0. The average molecular weight is 250 g/mol. The van der Waals surface area contributed by atoms with Gasteiger partial charge in [0.2, 0.25) is 0 Å². The molecule has 0 unspecified atom stereocenters. The molecule has 5 nitrogen and oxygen atoms in total. The molecule has 0 aromatic carbocycles. The minimum absolute atomic E-state index is 0.303. The second kappa shape index (κ2) is 6.54. The van der Waals surface area contributed by atoms with E-state index < -0.39 is 0 Å². The van der Waals surface area contributed by atoms with Crippen LogP contribution >= 0.6 is 0 Å². The van der Waals surface area contributed by atoms with Crippen LogP contribution in [0, 0.1) is 5.92 Å². The van der Waals surface area contributed by atoms with Crippen molar-refractivity contribution in [1.29, 1.82) is 0 Å². The van der Waals surface area contributed by atoms with Crippen molar-refractivity contribution in [3.63, 3.8) is 0 Å². The van der Waals surface area contributed by atoms with Gasteiger partial charge in [-0.3, -0.25) is 4.98 Å². The van der Waals surface area contributed by atoms with Crippen LogP contribution in [0.15, 0.2) is 12.4 Å². The number of nitrogens with zero attached hydrogens (tertiary/aromatic N) is 3. The number of aliphatic hydroxyl groups excluding tert-OH is 1. The molecular weight excluding hydrogens is 228 g/mol. The Morgan fingerprint density at radius 1 is 1.39 bits per heavy atom. The summed E-state index contributed by atoms with van der Waals surface area (Å²) in [5.41, 5.74) is 0. The fraction of sp³-hybridized carbons (Fsp3) is 0.692. The summed E-state index contributed by atoms with van der Waals surface area (Å²) in [5, 5.41) is 12.4. The largest absolute Gasteiger partial charge is 0.396 e. The van der Waals surface area contributed by atoms with Crippen molar-refractivity contribution in [3.05, 3.63) is 12.4 Å². The molecule has 1 saturated heterocycles. The summed E-state index contributed by atoms with van der Waals surface area (Å²) >= 11 is 0. The predicted molar refractivity (Wildman–Crippen MR) is 72.8 cm³/mol. The zero-order valence-electron chi connectivity index (χ0n) is 11.0. The van der Waals surface area contributed by atoms with E-state index in [4.69, 9.17) is 5.11 Å². The Hall–Kier alpha value is -1.36. The molecule has 1 aromatic rings. The van der Waals surface area contributed by atoms with Gasteiger partial charge in [-0.15, -0.1) is 0 Å². The van der Waals surface area contributed by atoms with Crippen LogP contribution < -0.4 is 10.2 Å². The van der Waals surface area contributed by atoms with Gasteiger partial charge in [0.05, 0.1) is 12.4 Å². The summed E-state index contributed by atoms with van der Waals surface area (Å²) in [5.74, 6) is 2.24. The highest BCUT2D eigenvalue weighted by Gasteiger charge is 2.19. The van der Waals surface area contributed by atoms with Crippen LogP contribution in [0.1, 0.15) is 26.2 Å². The van der Waals surface area contributed by atoms with Gasteiger partial charge in [-0.1, -0.05) is 6.92 Å². The first-order valence-electron chi connectivity index (χ1n) is 6.75. The molecule has 100 valence electrons. The Bertz CT molecular complexity index is 364. The first kappa shape index (κ1) is 13.1. The maximum atomic E-state index is 9.13. The van der Waals surface area contributed by atoms with Crippen molar-refractivity contribution < 1.29 is 5.11 Å². The zero-order chi connectivity index (χ0) is 12.8. The molecule has 0 atom stereocenters. The van der Waals surface area contributed by atoms with E-state index >= 15 is 0 Å². The molecule has 2 heterocycles. The van der Waals surface area contributed by atoms with Crippen molar-refractivity contribution in [2.75, 3.05) is 36.5 Å². The molecule has 1 aromatic heterocycles. The second-order valence-electron chi connectivity index (χ2n) is 4.80. The van der Waals surface area contributed by atoms with E-state index in [1.54, 1.807) is 6.20 Å². The summed E-state index contributed by atoms with van der Waals surface area (Å²) in [7, 11) is 0. The van der Waals surface area contributed by atoms with E-state index in [1.165, 1.54) is 0 Å². The molecular formula is C13H22N4O. The van der Waals surface area contributed by atoms with Crippen molar-refractivity contribution >= 4 is 11.6 Å². The van der Waals surface area contributed by atoms with Crippen molar-refractivity contribution in [2.45, 2.75) is 26.2 Å². The number of rotatable bonds is 5. The molecule has 0 spiro atoms. The van der Waals surface area contributed by atoms with Crippen LogP contribution in [0.25, 0.3) is 0 Å². The third kappa shape index (κ3) is 3.32. The van der Waals surface area contributed by atoms with Gasteiger partial charge in [0.25, 0.3) is 0 Å². The maximum Gasteiger partial charge on any atom is 0.149 e. The average Bonchev–Trinajstić information content (AvgIpc) is 2.45. The Labute approximate surface area is 108 Å². The zero-order valence-corrected chi connectivity index (χ0v) is 11.0. The van der Waals surface area contributed by atoms with Crippen LogP contribution in [0.5, 0.6) is 0 Å². The monoisotopic (exact) mass is 250 g/mol. The molecule has 0 bridgehead atoms. The Morgan fingerprint density at radius 2 is 2.17 bits per heavy atom. The van der Waals surface area contributed by atoms with Gasteiger partial charge in [-0.05, 0) is 25.2 Å². The van der Waals surface area contributed by atoms with Crippen molar-refractivity contribution in [3.8, 4) is 0 Å². The van der Waals surface area contributed by atoms with Crippen molar-refractivity contribution in [2.24, 2.45) is 5.92 Å². The molecule has 5 heteroatoms. The predicted octanol–water partition coefficient (Wildman–Crippen LogP) is 1.51. The number of aliphatic hydroxyl groups is 1. The smallest absolute Gasteiger partial charge is 0.149 e. The van der Waals surface area contributed by atoms with E-state index in [0.29, 0.717) is 12.5 Å². The lowest BCUT2D eigenvalue weighted by molar-refractivity contribution is 0.203. The van der Waals surface area contributed by atoms with Gasteiger partial charge in [0.15, 0.2) is 0 Å². The first-order valence-corrected chi connectivity index (χ1v) is 6.75. The lowest BCUT2D eigenvalue weighted by Gasteiger charge is -2.31. The number of nitrogens with one attached hydrogen (secondary N) is 1. The second-order valence-corrected chi connectivity index (χ2v) is 4.80. The summed E-state index contributed by atoms with van der Waals surface area (Å²) in [4.78, 5) is 11.1.